The van der Waals surface area contributed by atoms with E-state index in [9.17, 15) is 9.59 Å². The summed E-state index contributed by atoms with van der Waals surface area (Å²) >= 11 is 0. The van der Waals surface area contributed by atoms with Gasteiger partial charge in [-0.25, -0.2) is 4.79 Å². The molecule has 2 heterocycles. The van der Waals surface area contributed by atoms with E-state index >= 15 is 0 Å². The fourth-order valence-electron chi connectivity index (χ4n) is 2.56. The van der Waals surface area contributed by atoms with Gasteiger partial charge in [0, 0.05) is 26.6 Å². The zero-order valence-corrected chi connectivity index (χ0v) is 14.6. The first-order valence-electron chi connectivity index (χ1n) is 8.05. The molecule has 2 rings (SSSR count). The molecule has 1 aromatic heterocycles. The second-order valence-electron chi connectivity index (χ2n) is 6.90. The summed E-state index contributed by atoms with van der Waals surface area (Å²) in [7, 11) is 1.72. The molecule has 1 aliphatic rings. The highest BCUT2D eigenvalue weighted by Gasteiger charge is 2.34. The summed E-state index contributed by atoms with van der Waals surface area (Å²) in [4.78, 5) is 27.9. The molecule has 0 saturated carbocycles. The molecule has 0 radical (unpaired) electrons. The number of likely N-dealkylation sites (N-methyl/N-ethyl adjacent to an activating group) is 1. The van der Waals surface area contributed by atoms with E-state index in [-0.39, 0.29) is 18.0 Å². The minimum absolute atomic E-state index is 0.0330. The molecular formula is C17H26N2O4. The summed E-state index contributed by atoms with van der Waals surface area (Å²) in [5.41, 5.74) is -0.524. The Kier molecular flexibility index (Phi) is 5.02. The van der Waals surface area contributed by atoms with E-state index in [1.165, 1.54) is 0 Å². The number of likely N-dealkylation sites (tertiary alicyclic amines) is 1. The summed E-state index contributed by atoms with van der Waals surface area (Å²) in [6.45, 7) is 8.60. The second kappa shape index (κ2) is 6.64. The van der Waals surface area contributed by atoms with Crippen LogP contribution in [0.5, 0.6) is 0 Å². The molecule has 6 heteroatoms. The Hall–Kier alpha value is -1.98. The maximum Gasteiger partial charge on any atom is 0.410 e. The lowest BCUT2D eigenvalue weighted by molar-refractivity contribution is 0.0226. The van der Waals surface area contributed by atoms with Crippen molar-refractivity contribution >= 4 is 12.0 Å². The van der Waals surface area contributed by atoms with Gasteiger partial charge >= 0.3 is 6.09 Å². The van der Waals surface area contributed by atoms with Gasteiger partial charge in [-0.3, -0.25) is 4.79 Å². The van der Waals surface area contributed by atoms with Crippen LogP contribution in [0.3, 0.4) is 0 Å². The highest BCUT2D eigenvalue weighted by atomic mass is 16.6. The first-order chi connectivity index (χ1) is 10.7. The first-order valence-corrected chi connectivity index (χ1v) is 8.05. The number of amides is 2. The molecule has 0 aromatic carbocycles. The van der Waals surface area contributed by atoms with Crippen LogP contribution in [0.2, 0.25) is 0 Å². The molecule has 0 bridgehead atoms. The topological polar surface area (TPSA) is 63.0 Å². The van der Waals surface area contributed by atoms with Gasteiger partial charge in [0.2, 0.25) is 0 Å². The molecule has 23 heavy (non-hydrogen) atoms. The van der Waals surface area contributed by atoms with Crippen LogP contribution in [0.4, 0.5) is 4.79 Å². The van der Waals surface area contributed by atoms with Gasteiger partial charge in [-0.1, -0.05) is 6.92 Å². The first kappa shape index (κ1) is 17.4. The summed E-state index contributed by atoms with van der Waals surface area (Å²) in [6, 6.07) is 3.51. The van der Waals surface area contributed by atoms with E-state index in [4.69, 9.17) is 9.15 Å². The number of carbonyl (C=O) groups excluding carboxylic acids is 2. The number of carbonyl (C=O) groups is 2. The SMILES string of the molecule is CCc1ccc(C(=O)N2CC[C@@H](N(C)C(=O)OC(C)(C)C)C2)o1. The van der Waals surface area contributed by atoms with Crippen LogP contribution in [0.25, 0.3) is 0 Å². The third-order valence-corrected chi connectivity index (χ3v) is 3.90. The Labute approximate surface area is 137 Å². The van der Waals surface area contributed by atoms with E-state index in [1.807, 2.05) is 33.8 Å². The van der Waals surface area contributed by atoms with Crippen molar-refractivity contribution in [2.24, 2.45) is 0 Å². The average Bonchev–Trinajstić information content (AvgIpc) is 3.13. The molecule has 1 fully saturated rings. The lowest BCUT2D eigenvalue weighted by atomic mass is 10.2. The number of hydrogen-bond donors (Lipinski definition) is 0. The van der Waals surface area contributed by atoms with Crippen LogP contribution in [-0.4, -0.2) is 53.6 Å². The van der Waals surface area contributed by atoms with Gasteiger partial charge < -0.3 is 19.0 Å². The fraction of sp³-hybridized carbons (Fsp3) is 0.647. The Morgan fingerprint density at radius 1 is 1.39 bits per heavy atom. The van der Waals surface area contributed by atoms with Crippen molar-refractivity contribution in [3.05, 3.63) is 23.7 Å². The molecule has 0 aliphatic carbocycles. The third-order valence-electron chi connectivity index (χ3n) is 3.90. The molecule has 128 valence electrons. The molecule has 2 amide bonds. The lowest BCUT2D eigenvalue weighted by Gasteiger charge is -2.28. The summed E-state index contributed by atoms with van der Waals surface area (Å²) in [6.07, 6.45) is 1.14. The summed E-state index contributed by atoms with van der Waals surface area (Å²) in [5.74, 6) is 1.04. The molecule has 0 spiro atoms. The number of aryl methyl sites for hydroxylation is 1. The van der Waals surface area contributed by atoms with Crippen LogP contribution in [0.15, 0.2) is 16.5 Å². The predicted octanol–water partition coefficient (Wildman–Crippen LogP) is 2.92. The number of nitrogens with zero attached hydrogens (tertiary/aromatic N) is 2. The van der Waals surface area contributed by atoms with Crippen molar-refractivity contribution in [1.29, 1.82) is 0 Å². The Bertz CT molecular complexity index is 573. The van der Waals surface area contributed by atoms with Crippen LogP contribution >= 0.6 is 0 Å². The maximum absolute atomic E-state index is 12.4. The van der Waals surface area contributed by atoms with Crippen LogP contribution in [0, 0.1) is 0 Å². The van der Waals surface area contributed by atoms with Crippen molar-refractivity contribution in [3.63, 3.8) is 0 Å². The molecule has 0 unspecified atom stereocenters. The Balaban J connectivity index is 1.95. The quantitative estimate of drug-likeness (QED) is 0.858. The van der Waals surface area contributed by atoms with Gasteiger partial charge in [-0.15, -0.1) is 0 Å². The molecule has 1 atom stereocenters. The smallest absolute Gasteiger partial charge is 0.410 e. The highest BCUT2D eigenvalue weighted by Crippen LogP contribution is 2.20. The van der Waals surface area contributed by atoms with Gasteiger partial charge in [0.1, 0.15) is 11.4 Å². The Morgan fingerprint density at radius 2 is 2.09 bits per heavy atom. The van der Waals surface area contributed by atoms with Gasteiger partial charge in [0.25, 0.3) is 5.91 Å². The van der Waals surface area contributed by atoms with E-state index in [0.29, 0.717) is 18.8 Å². The van der Waals surface area contributed by atoms with Crippen LogP contribution in [0.1, 0.15) is 50.4 Å². The second-order valence-corrected chi connectivity index (χ2v) is 6.90. The van der Waals surface area contributed by atoms with Crippen molar-refractivity contribution < 1.29 is 18.7 Å². The molecule has 1 saturated heterocycles. The van der Waals surface area contributed by atoms with E-state index < -0.39 is 5.60 Å². The predicted molar refractivity (Wildman–Crippen MR) is 86.4 cm³/mol. The molecule has 0 N–H and O–H groups in total. The largest absolute Gasteiger partial charge is 0.456 e. The molecular weight excluding hydrogens is 296 g/mol. The number of furan rings is 1. The summed E-state index contributed by atoms with van der Waals surface area (Å²) < 4.78 is 10.9. The van der Waals surface area contributed by atoms with Gasteiger partial charge in [0.05, 0.1) is 6.04 Å². The van der Waals surface area contributed by atoms with Gasteiger partial charge in [0.15, 0.2) is 5.76 Å². The van der Waals surface area contributed by atoms with Gasteiger partial charge in [-0.2, -0.15) is 0 Å². The number of rotatable bonds is 3. The highest BCUT2D eigenvalue weighted by molar-refractivity contribution is 5.91. The number of hydrogen-bond acceptors (Lipinski definition) is 4. The minimum atomic E-state index is -0.524. The van der Waals surface area contributed by atoms with Crippen LogP contribution < -0.4 is 0 Å². The monoisotopic (exact) mass is 322 g/mol. The zero-order chi connectivity index (χ0) is 17.2. The normalized spacial score (nSPS) is 18.1. The van der Waals surface area contributed by atoms with Crippen molar-refractivity contribution in [2.45, 2.75) is 52.2 Å². The van der Waals surface area contributed by atoms with Crippen molar-refractivity contribution in [2.75, 3.05) is 20.1 Å². The van der Waals surface area contributed by atoms with Crippen LogP contribution in [-0.2, 0) is 11.2 Å². The zero-order valence-electron chi connectivity index (χ0n) is 14.6. The van der Waals surface area contributed by atoms with Crippen molar-refractivity contribution in [1.82, 2.24) is 9.80 Å². The van der Waals surface area contributed by atoms with Gasteiger partial charge in [-0.05, 0) is 39.3 Å². The van der Waals surface area contributed by atoms with E-state index in [1.54, 1.807) is 22.9 Å². The molecule has 6 nitrogen and oxygen atoms in total. The third kappa shape index (κ3) is 4.27. The standard InChI is InChI=1S/C17H26N2O4/c1-6-13-7-8-14(22-13)15(20)19-10-9-12(11-19)18(5)16(21)23-17(2,3)4/h7-8,12H,6,9-11H2,1-5H3/t12-/m1/s1. The minimum Gasteiger partial charge on any atom is -0.456 e. The molecule has 1 aromatic rings. The maximum atomic E-state index is 12.4. The number of ether oxygens (including phenoxy) is 1. The van der Waals surface area contributed by atoms with E-state index in [0.717, 1.165) is 18.6 Å². The van der Waals surface area contributed by atoms with Crippen molar-refractivity contribution in [3.8, 4) is 0 Å². The molecule has 1 aliphatic heterocycles. The average molecular weight is 322 g/mol. The van der Waals surface area contributed by atoms with E-state index in [2.05, 4.69) is 0 Å². The Morgan fingerprint density at radius 3 is 2.65 bits per heavy atom. The fourth-order valence-corrected chi connectivity index (χ4v) is 2.56. The lowest BCUT2D eigenvalue weighted by Crippen LogP contribution is -2.42. The summed E-state index contributed by atoms with van der Waals surface area (Å²) in [5, 5.41) is 0.